The average Bonchev–Trinajstić information content (AvgIpc) is 3.38. The minimum absolute atomic E-state index is 0.0263. The van der Waals surface area contributed by atoms with Crippen LogP contribution in [0.1, 0.15) is 58.4 Å². The number of nitrogens with two attached hydrogens (primary N) is 2. The number of hydrogen-bond acceptors (Lipinski definition) is 8. The minimum Gasteiger partial charge on any atom is -0.480 e. The average molecular weight is 577 g/mol. The van der Waals surface area contributed by atoms with Gasteiger partial charge in [-0.05, 0) is 52.0 Å². The first kappa shape index (κ1) is 32.8. The summed E-state index contributed by atoms with van der Waals surface area (Å²) in [7, 11) is 0. The van der Waals surface area contributed by atoms with Gasteiger partial charge in [0.1, 0.15) is 30.3 Å². The van der Waals surface area contributed by atoms with Crippen molar-refractivity contribution in [2.45, 2.75) is 83.2 Å². The number of carboxylic acids is 1. The van der Waals surface area contributed by atoms with Crippen LogP contribution < -0.4 is 22.1 Å². The SMILES string of the molecule is CC(C)(C)OC(=O)N[C@H](CC(=O)OCc1ccccc1)C(=O)N1CCC[C@H]1C(=O)N[C@@H](CCCN=C(N)N)C(=O)O. The Morgan fingerprint density at radius 2 is 1.78 bits per heavy atom. The van der Waals surface area contributed by atoms with E-state index in [2.05, 4.69) is 15.6 Å². The first-order valence-corrected chi connectivity index (χ1v) is 13.3. The third-order valence-electron chi connectivity index (χ3n) is 6.00. The molecular weight excluding hydrogens is 536 g/mol. The second-order valence-electron chi connectivity index (χ2n) is 10.6. The molecule has 0 aliphatic carbocycles. The number of aliphatic carboxylic acids is 1. The summed E-state index contributed by atoms with van der Waals surface area (Å²) >= 11 is 0. The van der Waals surface area contributed by atoms with Crippen molar-refractivity contribution in [3.63, 3.8) is 0 Å². The van der Waals surface area contributed by atoms with Crippen molar-refractivity contribution < 1.29 is 38.6 Å². The van der Waals surface area contributed by atoms with E-state index in [-0.39, 0.29) is 38.5 Å². The van der Waals surface area contributed by atoms with Gasteiger partial charge in [0.2, 0.25) is 11.8 Å². The van der Waals surface area contributed by atoms with Crippen LogP contribution in [0.4, 0.5) is 4.79 Å². The minimum atomic E-state index is -1.38. The van der Waals surface area contributed by atoms with Gasteiger partial charge in [0.15, 0.2) is 5.96 Å². The zero-order valence-corrected chi connectivity index (χ0v) is 23.6. The van der Waals surface area contributed by atoms with Gasteiger partial charge >= 0.3 is 18.0 Å². The third kappa shape index (κ3) is 11.7. The summed E-state index contributed by atoms with van der Waals surface area (Å²) in [6.45, 7) is 5.28. The summed E-state index contributed by atoms with van der Waals surface area (Å²) in [4.78, 5) is 68.6. The van der Waals surface area contributed by atoms with Gasteiger partial charge in [0.05, 0.1) is 6.42 Å². The molecule has 0 bridgehead atoms. The van der Waals surface area contributed by atoms with Gasteiger partial charge in [0, 0.05) is 13.1 Å². The van der Waals surface area contributed by atoms with Crippen LogP contribution in [0.3, 0.4) is 0 Å². The Balaban J connectivity index is 2.12. The molecule has 1 aromatic carbocycles. The zero-order chi connectivity index (χ0) is 30.6. The van der Waals surface area contributed by atoms with Crippen LogP contribution in [0.15, 0.2) is 35.3 Å². The Morgan fingerprint density at radius 1 is 1.10 bits per heavy atom. The molecule has 14 nitrogen and oxygen atoms in total. The van der Waals surface area contributed by atoms with E-state index in [4.69, 9.17) is 20.9 Å². The lowest BCUT2D eigenvalue weighted by molar-refractivity contribution is -0.149. The van der Waals surface area contributed by atoms with Crippen molar-refractivity contribution in [3.8, 4) is 0 Å². The van der Waals surface area contributed by atoms with E-state index < -0.39 is 60.0 Å². The van der Waals surface area contributed by atoms with E-state index >= 15 is 0 Å². The number of alkyl carbamates (subject to hydrolysis) is 1. The molecule has 41 heavy (non-hydrogen) atoms. The van der Waals surface area contributed by atoms with Crippen LogP contribution in [0.5, 0.6) is 0 Å². The number of amides is 3. The summed E-state index contributed by atoms with van der Waals surface area (Å²) in [5.74, 6) is -3.46. The third-order valence-corrected chi connectivity index (χ3v) is 6.00. The zero-order valence-electron chi connectivity index (χ0n) is 23.6. The summed E-state index contributed by atoms with van der Waals surface area (Å²) in [5, 5.41) is 14.5. The molecule has 0 saturated carbocycles. The molecule has 3 atom stereocenters. The number of benzene rings is 1. The van der Waals surface area contributed by atoms with Gasteiger partial charge < -0.3 is 41.6 Å². The monoisotopic (exact) mass is 576 g/mol. The van der Waals surface area contributed by atoms with Gasteiger partial charge in [-0.15, -0.1) is 0 Å². The number of likely N-dealkylation sites (tertiary alicyclic amines) is 1. The summed E-state index contributed by atoms with van der Waals surface area (Å²) in [5.41, 5.74) is 10.4. The maximum absolute atomic E-state index is 13.6. The van der Waals surface area contributed by atoms with Crippen molar-refractivity contribution in [2.24, 2.45) is 16.5 Å². The number of rotatable bonds is 13. The Bertz CT molecular complexity index is 1100. The fraction of sp³-hybridized carbons (Fsp3) is 0.556. The van der Waals surface area contributed by atoms with E-state index in [0.717, 1.165) is 5.56 Å². The predicted molar refractivity (Wildman–Crippen MR) is 148 cm³/mol. The second kappa shape index (κ2) is 15.4. The second-order valence-corrected chi connectivity index (χ2v) is 10.6. The van der Waals surface area contributed by atoms with Crippen LogP contribution in [0, 0.1) is 0 Å². The highest BCUT2D eigenvalue weighted by molar-refractivity contribution is 5.95. The number of guanidine groups is 1. The first-order valence-electron chi connectivity index (χ1n) is 13.3. The van der Waals surface area contributed by atoms with E-state index in [0.29, 0.717) is 12.8 Å². The number of carboxylic acid groups (broad SMARTS) is 1. The molecule has 1 aliphatic heterocycles. The molecule has 14 heteroatoms. The number of hydrogen-bond donors (Lipinski definition) is 5. The molecule has 1 saturated heterocycles. The fourth-order valence-electron chi connectivity index (χ4n) is 4.15. The topological polar surface area (TPSA) is 216 Å². The molecule has 0 spiro atoms. The van der Waals surface area contributed by atoms with E-state index in [1.165, 1.54) is 4.90 Å². The van der Waals surface area contributed by atoms with Crippen LogP contribution >= 0.6 is 0 Å². The maximum Gasteiger partial charge on any atom is 0.408 e. The van der Waals surface area contributed by atoms with E-state index in [1.807, 2.05) is 6.07 Å². The molecule has 1 fully saturated rings. The molecule has 0 aromatic heterocycles. The van der Waals surface area contributed by atoms with Crippen molar-refractivity contribution in [2.75, 3.05) is 13.1 Å². The Kier molecular flexibility index (Phi) is 12.4. The van der Waals surface area contributed by atoms with Crippen molar-refractivity contribution in [1.82, 2.24) is 15.5 Å². The van der Waals surface area contributed by atoms with Gasteiger partial charge in [-0.1, -0.05) is 30.3 Å². The fourth-order valence-corrected chi connectivity index (χ4v) is 4.15. The van der Waals surface area contributed by atoms with Crippen molar-refractivity contribution in [1.29, 1.82) is 0 Å². The largest absolute Gasteiger partial charge is 0.480 e. The van der Waals surface area contributed by atoms with Crippen molar-refractivity contribution in [3.05, 3.63) is 35.9 Å². The molecule has 0 unspecified atom stereocenters. The molecule has 0 radical (unpaired) electrons. The summed E-state index contributed by atoms with van der Waals surface area (Å²) in [6, 6.07) is 5.34. The summed E-state index contributed by atoms with van der Waals surface area (Å²) < 4.78 is 10.6. The van der Waals surface area contributed by atoms with Gasteiger partial charge in [-0.2, -0.15) is 0 Å². The molecule has 2 rings (SSSR count). The Morgan fingerprint density at radius 3 is 2.39 bits per heavy atom. The number of ether oxygens (including phenoxy) is 2. The number of nitrogens with zero attached hydrogens (tertiary/aromatic N) is 2. The smallest absolute Gasteiger partial charge is 0.408 e. The Hall–Kier alpha value is -4.36. The number of carbonyl (C=O) groups excluding carboxylic acids is 4. The van der Waals surface area contributed by atoms with Crippen molar-refractivity contribution >= 4 is 35.8 Å². The predicted octanol–water partition coefficient (Wildman–Crippen LogP) is 0.627. The molecule has 3 amide bonds. The quantitative estimate of drug-likeness (QED) is 0.0955. The molecule has 7 N–H and O–H groups in total. The van der Waals surface area contributed by atoms with E-state index in [9.17, 15) is 29.1 Å². The lowest BCUT2D eigenvalue weighted by atomic mass is 10.1. The van der Waals surface area contributed by atoms with Gasteiger partial charge in [-0.3, -0.25) is 19.4 Å². The highest BCUT2D eigenvalue weighted by Crippen LogP contribution is 2.20. The van der Waals surface area contributed by atoms with Gasteiger partial charge in [-0.25, -0.2) is 9.59 Å². The Labute approximate surface area is 238 Å². The molecule has 1 aliphatic rings. The lowest BCUT2D eigenvalue weighted by Gasteiger charge is -2.29. The highest BCUT2D eigenvalue weighted by atomic mass is 16.6. The lowest BCUT2D eigenvalue weighted by Crippen LogP contribution is -2.56. The molecule has 1 aromatic rings. The molecule has 226 valence electrons. The number of carbonyl (C=O) groups is 5. The maximum atomic E-state index is 13.6. The number of aliphatic imine (C=N–C) groups is 1. The van der Waals surface area contributed by atoms with Crippen LogP contribution in [0.2, 0.25) is 0 Å². The van der Waals surface area contributed by atoms with Crippen LogP contribution in [-0.2, 0) is 35.3 Å². The highest BCUT2D eigenvalue weighted by Gasteiger charge is 2.40. The van der Waals surface area contributed by atoms with Gasteiger partial charge in [0.25, 0.3) is 0 Å². The normalized spacial score (nSPS) is 16.2. The first-order chi connectivity index (χ1) is 19.3. The number of esters is 1. The molecular formula is C27H40N6O8. The standard InChI is InChI=1S/C27H40N6O8/c1-27(2,3)41-26(39)32-19(15-21(34)40-16-17-9-5-4-6-10-17)23(36)33-14-8-12-20(33)22(35)31-18(24(37)38)11-7-13-30-25(28)29/h4-6,9-10,18-20H,7-8,11-16H2,1-3H3,(H,31,35)(H,32,39)(H,37,38)(H4,28,29,30)/t18-,19+,20-/m0/s1. The van der Waals surface area contributed by atoms with Crippen LogP contribution in [0.25, 0.3) is 0 Å². The van der Waals surface area contributed by atoms with E-state index in [1.54, 1.807) is 45.0 Å². The summed E-state index contributed by atoms with van der Waals surface area (Å²) in [6.07, 6.45) is -0.319. The number of nitrogens with one attached hydrogen (secondary N) is 2. The molecule has 1 heterocycles. The van der Waals surface area contributed by atoms with Crippen LogP contribution in [-0.4, -0.2) is 82.6 Å².